The minimum atomic E-state index is 0.0530. The van der Waals surface area contributed by atoms with Crippen LogP contribution >= 0.6 is 0 Å². The van der Waals surface area contributed by atoms with E-state index in [0.717, 1.165) is 38.2 Å². The number of rotatable bonds is 6. The third kappa shape index (κ3) is 4.99. The highest BCUT2D eigenvalue weighted by Crippen LogP contribution is 2.20. The van der Waals surface area contributed by atoms with Crippen molar-refractivity contribution >= 4 is 0 Å². The molecule has 2 rings (SSSR count). The highest BCUT2D eigenvalue weighted by Gasteiger charge is 2.20. The van der Waals surface area contributed by atoms with E-state index in [1.165, 1.54) is 5.56 Å². The van der Waals surface area contributed by atoms with E-state index in [1.54, 1.807) is 7.11 Å². The molecule has 0 saturated carbocycles. The summed E-state index contributed by atoms with van der Waals surface area (Å²) in [4.78, 5) is 2.43. The first-order chi connectivity index (χ1) is 10.1. The van der Waals surface area contributed by atoms with Gasteiger partial charge in [0.05, 0.1) is 12.2 Å². The topological polar surface area (TPSA) is 47.7 Å². The van der Waals surface area contributed by atoms with E-state index in [1.807, 2.05) is 26.0 Å². The highest BCUT2D eigenvalue weighted by atomic mass is 16.5. The number of nitrogens with zero attached hydrogens (tertiary/aromatic N) is 1. The molecule has 0 radical (unpaired) electrons. The second-order valence-corrected chi connectivity index (χ2v) is 6.08. The molecule has 1 unspecified atom stereocenters. The largest absolute Gasteiger partial charge is 0.491 e. The zero-order valence-corrected chi connectivity index (χ0v) is 13.4. The first-order valence-electron chi connectivity index (χ1n) is 7.86. The van der Waals surface area contributed by atoms with Crippen LogP contribution in [0, 0.1) is 0 Å². The van der Waals surface area contributed by atoms with Gasteiger partial charge in [-0.25, -0.2) is 0 Å². The third-order valence-electron chi connectivity index (χ3n) is 4.00. The Labute approximate surface area is 128 Å². The molecule has 2 N–H and O–H groups in total. The number of likely N-dealkylation sites (tertiary alicyclic amines) is 1. The average molecular weight is 292 g/mol. The fourth-order valence-corrected chi connectivity index (χ4v) is 2.78. The van der Waals surface area contributed by atoms with E-state index in [2.05, 4.69) is 17.0 Å². The van der Waals surface area contributed by atoms with Gasteiger partial charge in [0.1, 0.15) is 5.75 Å². The molecule has 1 aliphatic heterocycles. The van der Waals surface area contributed by atoms with Gasteiger partial charge in [-0.15, -0.1) is 0 Å². The summed E-state index contributed by atoms with van der Waals surface area (Å²) in [5, 5.41) is 0. The van der Waals surface area contributed by atoms with Gasteiger partial charge in [0, 0.05) is 32.8 Å². The van der Waals surface area contributed by atoms with Crippen molar-refractivity contribution in [3.05, 3.63) is 29.8 Å². The molecular formula is C17H28N2O2. The van der Waals surface area contributed by atoms with Crippen LogP contribution in [0.5, 0.6) is 5.75 Å². The summed E-state index contributed by atoms with van der Waals surface area (Å²) in [6.07, 6.45) is 2.82. The van der Waals surface area contributed by atoms with Crippen LogP contribution < -0.4 is 10.5 Å². The third-order valence-corrected chi connectivity index (χ3v) is 4.00. The number of ether oxygens (including phenoxy) is 2. The van der Waals surface area contributed by atoms with Crippen molar-refractivity contribution in [1.82, 2.24) is 4.90 Å². The van der Waals surface area contributed by atoms with Crippen LogP contribution in [0.2, 0.25) is 0 Å². The maximum absolute atomic E-state index is 6.33. The smallest absolute Gasteiger partial charge is 0.119 e. The lowest BCUT2D eigenvalue weighted by molar-refractivity contribution is 0.0395. The monoisotopic (exact) mass is 292 g/mol. The Bertz CT molecular complexity index is 411. The summed E-state index contributed by atoms with van der Waals surface area (Å²) in [5.74, 6) is 0.904. The molecule has 1 atom stereocenters. The van der Waals surface area contributed by atoms with Gasteiger partial charge in [0.2, 0.25) is 0 Å². The molecule has 4 nitrogen and oxygen atoms in total. The van der Waals surface area contributed by atoms with Crippen molar-refractivity contribution in [3.63, 3.8) is 0 Å². The van der Waals surface area contributed by atoms with Crippen LogP contribution in [0.15, 0.2) is 24.3 Å². The fraction of sp³-hybridized carbons (Fsp3) is 0.647. The van der Waals surface area contributed by atoms with Crippen molar-refractivity contribution in [2.24, 2.45) is 5.73 Å². The number of hydrogen-bond acceptors (Lipinski definition) is 4. The molecule has 4 heteroatoms. The Balaban J connectivity index is 1.84. The molecule has 1 aromatic carbocycles. The molecule has 0 spiro atoms. The lowest BCUT2D eigenvalue weighted by Crippen LogP contribution is -2.40. The summed E-state index contributed by atoms with van der Waals surface area (Å²) in [6, 6.07) is 8.21. The molecule has 0 amide bonds. The van der Waals surface area contributed by atoms with E-state index in [-0.39, 0.29) is 12.1 Å². The molecule has 118 valence electrons. The lowest BCUT2D eigenvalue weighted by atomic mass is 10.0. The fourth-order valence-electron chi connectivity index (χ4n) is 2.78. The Kier molecular flexibility index (Phi) is 6.03. The quantitative estimate of drug-likeness (QED) is 0.875. The summed E-state index contributed by atoms with van der Waals surface area (Å²) in [7, 11) is 1.80. The van der Waals surface area contributed by atoms with Gasteiger partial charge in [-0.1, -0.05) is 12.1 Å². The Morgan fingerprint density at radius 3 is 2.33 bits per heavy atom. The van der Waals surface area contributed by atoms with Gasteiger partial charge in [-0.2, -0.15) is 0 Å². The standard InChI is InChI=1S/C17H28N2O2/c1-13(2)21-16-6-4-14(5-7-16)17(18)12-19-10-8-15(20-3)9-11-19/h4-7,13,15,17H,8-12,18H2,1-3H3. The zero-order chi connectivity index (χ0) is 15.2. The van der Waals surface area contributed by atoms with Crippen LogP contribution in [-0.2, 0) is 4.74 Å². The normalized spacial score (nSPS) is 18.9. The molecule has 1 aromatic rings. The van der Waals surface area contributed by atoms with Crippen LogP contribution in [0.1, 0.15) is 38.3 Å². The summed E-state index contributed by atoms with van der Waals surface area (Å²) >= 11 is 0. The van der Waals surface area contributed by atoms with Gasteiger partial charge in [-0.3, -0.25) is 0 Å². The van der Waals surface area contributed by atoms with Gasteiger partial charge in [0.15, 0.2) is 0 Å². The minimum absolute atomic E-state index is 0.0530. The lowest BCUT2D eigenvalue weighted by Gasteiger charge is -2.32. The minimum Gasteiger partial charge on any atom is -0.491 e. The first kappa shape index (κ1) is 16.3. The molecule has 1 saturated heterocycles. The molecule has 1 fully saturated rings. The van der Waals surface area contributed by atoms with E-state index in [9.17, 15) is 0 Å². The zero-order valence-electron chi connectivity index (χ0n) is 13.4. The molecule has 1 aliphatic rings. The average Bonchev–Trinajstić information content (AvgIpc) is 2.48. The predicted molar refractivity (Wildman–Crippen MR) is 85.6 cm³/mol. The van der Waals surface area contributed by atoms with E-state index >= 15 is 0 Å². The summed E-state index contributed by atoms with van der Waals surface area (Å²) in [5.41, 5.74) is 7.50. The molecule has 0 aromatic heterocycles. The second kappa shape index (κ2) is 7.78. The van der Waals surface area contributed by atoms with Crippen LogP contribution in [0.4, 0.5) is 0 Å². The van der Waals surface area contributed by atoms with Crippen molar-refractivity contribution in [2.75, 3.05) is 26.7 Å². The Hall–Kier alpha value is -1.10. The molecule has 21 heavy (non-hydrogen) atoms. The van der Waals surface area contributed by atoms with Crippen LogP contribution in [-0.4, -0.2) is 43.9 Å². The van der Waals surface area contributed by atoms with Crippen LogP contribution in [0.3, 0.4) is 0 Å². The van der Waals surface area contributed by atoms with Gasteiger partial charge in [-0.05, 0) is 44.4 Å². The molecule has 0 bridgehead atoms. The maximum Gasteiger partial charge on any atom is 0.119 e. The Morgan fingerprint density at radius 1 is 1.19 bits per heavy atom. The van der Waals surface area contributed by atoms with E-state index in [4.69, 9.17) is 15.2 Å². The Morgan fingerprint density at radius 2 is 1.81 bits per heavy atom. The number of piperidine rings is 1. The summed E-state index contributed by atoms with van der Waals surface area (Å²) in [6.45, 7) is 7.11. The van der Waals surface area contributed by atoms with E-state index in [0.29, 0.717) is 6.10 Å². The van der Waals surface area contributed by atoms with E-state index < -0.39 is 0 Å². The van der Waals surface area contributed by atoms with Gasteiger partial charge in [0.25, 0.3) is 0 Å². The summed E-state index contributed by atoms with van der Waals surface area (Å²) < 4.78 is 11.1. The first-order valence-corrected chi connectivity index (χ1v) is 7.86. The second-order valence-electron chi connectivity index (χ2n) is 6.08. The van der Waals surface area contributed by atoms with Gasteiger partial charge < -0.3 is 20.1 Å². The van der Waals surface area contributed by atoms with Crippen LogP contribution in [0.25, 0.3) is 0 Å². The van der Waals surface area contributed by atoms with Crippen molar-refractivity contribution < 1.29 is 9.47 Å². The molecule has 1 heterocycles. The number of hydrogen-bond donors (Lipinski definition) is 1. The van der Waals surface area contributed by atoms with Crippen molar-refractivity contribution in [1.29, 1.82) is 0 Å². The maximum atomic E-state index is 6.33. The SMILES string of the molecule is COC1CCN(CC(N)c2ccc(OC(C)C)cc2)CC1. The predicted octanol–water partition coefficient (Wildman–Crippen LogP) is 2.58. The number of benzene rings is 1. The van der Waals surface area contributed by atoms with Crippen molar-refractivity contribution in [2.45, 2.75) is 44.9 Å². The van der Waals surface area contributed by atoms with Crippen molar-refractivity contribution in [3.8, 4) is 5.75 Å². The molecule has 0 aliphatic carbocycles. The number of nitrogens with two attached hydrogens (primary N) is 1. The van der Waals surface area contributed by atoms with Gasteiger partial charge >= 0.3 is 0 Å². The highest BCUT2D eigenvalue weighted by molar-refractivity contribution is 5.29. The molecular weight excluding hydrogens is 264 g/mol. The number of methoxy groups -OCH3 is 1.